The first-order valence-electron chi connectivity index (χ1n) is 29.7. The molecule has 0 aliphatic carbocycles. The number of hydrogen-bond donors (Lipinski definition) is 4. The standard InChI is InChI=1S/C61H100N10O13/c1-21-37(9)50-53(75)62-33-45(72)67(16)48(35(5)6)54(76)64-42(31-40-26-28-41(83-20)29-27-40)52(74)63-39(11)56(78)71-30-24-23-25-43(71)57(79)68(17)49(36(7)8)55(77)65-47(34(3)4)59(81)66(15)44(32-46(73)84-61(12,13)14)58(80)70(19)51(38(10)22-2)60(82)69(50)18/h26-29,34-39,42-44,47-51H,21-25,30-33H2,1-20H3,(H,62,75)(H,63,74)(H,64,76)(H,65,77)/t37-,38+,39+,42+,43+,44-,47+,48+,49+,50+,51+/m1/s1. The fraction of sp³-hybridized carbons (Fsp3) is 0.721. The fourth-order valence-corrected chi connectivity index (χ4v) is 11.1. The van der Waals surface area contributed by atoms with E-state index in [1.54, 1.807) is 100 Å². The first-order chi connectivity index (χ1) is 39.1. The monoisotopic (exact) mass is 1180 g/mol. The Morgan fingerprint density at radius 3 is 1.64 bits per heavy atom. The molecule has 4 N–H and O–H groups in total. The largest absolute Gasteiger partial charge is 0.497 e. The molecular weight excluding hydrogens is 1080 g/mol. The van der Waals surface area contributed by atoms with E-state index in [0.717, 1.165) is 4.90 Å². The summed E-state index contributed by atoms with van der Waals surface area (Å²) in [6, 6.07) is -4.46. The maximum absolute atomic E-state index is 15.2. The first kappa shape index (κ1) is 71.5. The Balaban J connectivity index is 2.31. The summed E-state index contributed by atoms with van der Waals surface area (Å²) in [7, 11) is 8.51. The molecule has 84 heavy (non-hydrogen) atoms. The Hall–Kier alpha value is -6.81. The van der Waals surface area contributed by atoms with Crippen LogP contribution < -0.4 is 26.0 Å². The first-order valence-corrected chi connectivity index (χ1v) is 29.7. The fourth-order valence-electron chi connectivity index (χ4n) is 11.1. The average molecular weight is 1180 g/mol. The van der Waals surface area contributed by atoms with Crippen LogP contribution in [0.3, 0.4) is 0 Å². The summed E-state index contributed by atoms with van der Waals surface area (Å²) >= 11 is 0. The number of likely N-dealkylation sites (N-methyl/N-ethyl adjacent to an activating group) is 5. The van der Waals surface area contributed by atoms with Crippen molar-refractivity contribution in [3.8, 4) is 5.75 Å². The zero-order valence-corrected chi connectivity index (χ0v) is 53.7. The summed E-state index contributed by atoms with van der Waals surface area (Å²) in [5.74, 6) is -9.85. The second-order valence-electron chi connectivity index (χ2n) is 25.0. The van der Waals surface area contributed by atoms with Crippen molar-refractivity contribution >= 4 is 65.0 Å². The molecule has 23 heteroatoms. The lowest BCUT2D eigenvalue weighted by Crippen LogP contribution is -2.63. The molecule has 0 aromatic heterocycles. The molecule has 2 aliphatic rings. The number of rotatable bonds is 12. The van der Waals surface area contributed by atoms with Gasteiger partial charge in [-0.05, 0) is 94.2 Å². The molecule has 2 saturated heterocycles. The summed E-state index contributed by atoms with van der Waals surface area (Å²) in [5, 5.41) is 11.2. The summed E-state index contributed by atoms with van der Waals surface area (Å²) in [6.07, 6.45) is 1.43. The highest BCUT2D eigenvalue weighted by Gasteiger charge is 2.46. The van der Waals surface area contributed by atoms with E-state index in [9.17, 15) is 43.2 Å². The number of methoxy groups -OCH3 is 1. The highest BCUT2D eigenvalue weighted by atomic mass is 16.6. The SMILES string of the molecule is CC[C@@H](C)[C@H]1C(=O)NCC(=O)N(C)[C@@H](C(C)C)C(=O)N[C@@H](Cc2ccc(OC)cc2)C(=O)N[C@@H](C)C(=O)N2CCCC[C@H]2C(=O)N(C)[C@@H](C(C)C)C(=O)N[C@@H](C(C)C)C(=O)N(C)[C@H](CC(=O)OC(C)(C)C)C(=O)N(C)[C@@H]([C@@H](C)CC)C(=O)N1C. The molecule has 1 aromatic carbocycles. The van der Waals surface area contributed by atoms with Gasteiger partial charge < -0.3 is 60.1 Å². The van der Waals surface area contributed by atoms with Gasteiger partial charge in [0.05, 0.1) is 20.1 Å². The smallest absolute Gasteiger partial charge is 0.308 e. The van der Waals surface area contributed by atoms with Crippen molar-refractivity contribution in [2.24, 2.45) is 29.6 Å². The molecule has 2 heterocycles. The van der Waals surface area contributed by atoms with Crippen LogP contribution in [0.2, 0.25) is 0 Å². The van der Waals surface area contributed by atoms with E-state index in [4.69, 9.17) is 9.47 Å². The Morgan fingerprint density at radius 2 is 1.12 bits per heavy atom. The van der Waals surface area contributed by atoms with Gasteiger partial charge in [-0.1, -0.05) is 94.2 Å². The Bertz CT molecular complexity index is 2500. The van der Waals surface area contributed by atoms with Gasteiger partial charge in [0.15, 0.2) is 0 Å². The van der Waals surface area contributed by atoms with Crippen molar-refractivity contribution < 1.29 is 62.2 Å². The summed E-state index contributed by atoms with van der Waals surface area (Å²) in [4.78, 5) is 168. The number of carbonyl (C=O) groups is 11. The number of fused-ring (bicyclic) bond motifs is 1. The maximum Gasteiger partial charge on any atom is 0.308 e. The van der Waals surface area contributed by atoms with E-state index in [0.29, 0.717) is 37.0 Å². The topological polar surface area (TPSA) is 274 Å². The Labute approximate surface area is 498 Å². The van der Waals surface area contributed by atoms with Crippen molar-refractivity contribution in [2.45, 2.75) is 202 Å². The molecule has 2 fully saturated rings. The molecule has 11 atom stereocenters. The number of nitrogens with one attached hydrogen (secondary N) is 4. The van der Waals surface area contributed by atoms with E-state index in [-0.39, 0.29) is 19.4 Å². The van der Waals surface area contributed by atoms with Crippen LogP contribution in [0.4, 0.5) is 0 Å². The molecule has 0 radical (unpaired) electrons. The minimum absolute atomic E-state index is 0.0490. The van der Waals surface area contributed by atoms with Crippen molar-refractivity contribution in [3.05, 3.63) is 29.8 Å². The number of benzene rings is 1. The van der Waals surface area contributed by atoms with Crippen LogP contribution in [0.25, 0.3) is 0 Å². The van der Waals surface area contributed by atoms with Crippen LogP contribution in [-0.4, -0.2) is 210 Å². The zero-order valence-electron chi connectivity index (χ0n) is 53.7. The third-order valence-corrected chi connectivity index (χ3v) is 16.3. The predicted molar refractivity (Wildman–Crippen MR) is 317 cm³/mol. The molecule has 2 aliphatic heterocycles. The van der Waals surface area contributed by atoms with Crippen molar-refractivity contribution in [3.63, 3.8) is 0 Å². The third kappa shape index (κ3) is 18.3. The van der Waals surface area contributed by atoms with Crippen LogP contribution >= 0.6 is 0 Å². The van der Waals surface area contributed by atoms with Crippen LogP contribution in [-0.2, 0) is 63.9 Å². The molecule has 472 valence electrons. The second kappa shape index (κ2) is 31.4. The summed E-state index contributed by atoms with van der Waals surface area (Å²) in [5.41, 5.74) is -0.371. The number of hydrogen-bond acceptors (Lipinski definition) is 13. The molecule has 0 spiro atoms. The van der Waals surface area contributed by atoms with E-state index in [1.807, 2.05) is 13.8 Å². The van der Waals surface area contributed by atoms with Gasteiger partial charge in [-0.25, -0.2) is 0 Å². The minimum atomic E-state index is -1.58. The number of carbonyl (C=O) groups excluding carboxylic acids is 11. The van der Waals surface area contributed by atoms with E-state index in [2.05, 4.69) is 21.3 Å². The molecular formula is C61H100N10O13. The predicted octanol–water partition coefficient (Wildman–Crippen LogP) is 3.15. The lowest BCUT2D eigenvalue weighted by atomic mass is 9.92. The molecule has 0 bridgehead atoms. The van der Waals surface area contributed by atoms with Gasteiger partial charge in [0.25, 0.3) is 0 Å². The number of esters is 1. The van der Waals surface area contributed by atoms with Crippen LogP contribution in [0.15, 0.2) is 24.3 Å². The van der Waals surface area contributed by atoms with Gasteiger partial charge in [0.1, 0.15) is 65.7 Å². The Kier molecular flexibility index (Phi) is 26.7. The Morgan fingerprint density at radius 1 is 0.595 bits per heavy atom. The molecule has 23 nitrogen and oxygen atoms in total. The van der Waals surface area contributed by atoms with Crippen LogP contribution in [0, 0.1) is 29.6 Å². The third-order valence-electron chi connectivity index (χ3n) is 16.3. The highest BCUT2D eigenvalue weighted by molar-refractivity contribution is 6.00. The molecule has 0 saturated carbocycles. The van der Waals surface area contributed by atoms with Gasteiger partial charge in [-0.15, -0.1) is 0 Å². The van der Waals surface area contributed by atoms with Gasteiger partial charge >= 0.3 is 5.97 Å². The van der Waals surface area contributed by atoms with E-state index < -0.39 is 168 Å². The van der Waals surface area contributed by atoms with Gasteiger partial charge in [-0.3, -0.25) is 52.7 Å². The molecule has 1 aromatic rings. The van der Waals surface area contributed by atoms with E-state index >= 15 is 9.59 Å². The highest BCUT2D eigenvalue weighted by Crippen LogP contribution is 2.27. The van der Waals surface area contributed by atoms with Crippen LogP contribution in [0.1, 0.15) is 141 Å². The van der Waals surface area contributed by atoms with Crippen LogP contribution in [0.5, 0.6) is 5.75 Å². The summed E-state index contributed by atoms with van der Waals surface area (Å²) < 4.78 is 11.0. The quantitative estimate of drug-likeness (QED) is 0.219. The number of amides is 10. The minimum Gasteiger partial charge on any atom is -0.497 e. The molecule has 10 amide bonds. The zero-order chi connectivity index (χ0) is 64.0. The van der Waals surface area contributed by atoms with Gasteiger partial charge in [-0.2, -0.15) is 0 Å². The lowest BCUT2D eigenvalue weighted by molar-refractivity contribution is -0.162. The number of piperidine rings is 1. The maximum atomic E-state index is 15.2. The van der Waals surface area contributed by atoms with Crippen molar-refractivity contribution in [1.29, 1.82) is 0 Å². The lowest BCUT2D eigenvalue weighted by Gasteiger charge is -2.41. The second-order valence-corrected chi connectivity index (χ2v) is 25.0. The van der Waals surface area contributed by atoms with E-state index in [1.165, 1.54) is 73.8 Å². The summed E-state index contributed by atoms with van der Waals surface area (Å²) in [6.45, 7) is 23.4. The average Bonchev–Trinajstić information content (AvgIpc) is 3.43. The number of nitrogens with zero attached hydrogens (tertiary/aromatic N) is 6. The van der Waals surface area contributed by atoms with Gasteiger partial charge in [0.2, 0.25) is 59.1 Å². The van der Waals surface area contributed by atoms with Gasteiger partial charge in [0, 0.05) is 48.2 Å². The van der Waals surface area contributed by atoms with Crippen molar-refractivity contribution in [2.75, 3.05) is 55.4 Å². The van der Waals surface area contributed by atoms with Crippen molar-refractivity contribution in [1.82, 2.24) is 50.7 Å². The molecule has 3 rings (SSSR count). The normalized spacial score (nSPS) is 26.2. The molecule has 0 unspecified atom stereocenters. The number of ether oxygens (including phenoxy) is 2.